The lowest BCUT2D eigenvalue weighted by atomic mass is 10.1. The summed E-state index contributed by atoms with van der Waals surface area (Å²) >= 11 is 0. The molecule has 0 heterocycles. The molecule has 1 unspecified atom stereocenters. The maximum absolute atomic E-state index is 11.4. The van der Waals surface area contributed by atoms with Crippen molar-refractivity contribution in [2.45, 2.75) is 19.4 Å². The van der Waals surface area contributed by atoms with Crippen LogP contribution in [0.3, 0.4) is 0 Å². The van der Waals surface area contributed by atoms with Gasteiger partial charge in [0.1, 0.15) is 0 Å². The van der Waals surface area contributed by atoms with Gasteiger partial charge in [-0.1, -0.05) is 6.92 Å². The summed E-state index contributed by atoms with van der Waals surface area (Å²) in [5, 5.41) is 15.0. The van der Waals surface area contributed by atoms with E-state index in [1.165, 1.54) is 0 Å². The van der Waals surface area contributed by atoms with E-state index in [1.807, 2.05) is 6.92 Å². The van der Waals surface area contributed by atoms with Crippen LogP contribution in [0, 0.1) is 0 Å². The highest BCUT2D eigenvalue weighted by Gasteiger charge is 2.07. The maximum atomic E-state index is 11.4. The van der Waals surface area contributed by atoms with Gasteiger partial charge in [-0.15, -0.1) is 0 Å². The van der Waals surface area contributed by atoms with Gasteiger partial charge in [-0.05, 0) is 24.6 Å². The Morgan fingerprint density at radius 2 is 2.24 bits per heavy atom. The molecule has 5 N–H and O–H groups in total. The lowest BCUT2D eigenvalue weighted by Crippen LogP contribution is -2.20. The number of aliphatic hydroxyl groups excluding tert-OH is 1. The van der Waals surface area contributed by atoms with Crippen LogP contribution in [0.15, 0.2) is 18.2 Å². The van der Waals surface area contributed by atoms with Gasteiger partial charge in [-0.25, -0.2) is 0 Å². The van der Waals surface area contributed by atoms with Gasteiger partial charge in [-0.2, -0.15) is 0 Å². The van der Waals surface area contributed by atoms with Crippen molar-refractivity contribution in [1.29, 1.82) is 0 Å². The molecule has 94 valence electrons. The molecular weight excluding hydrogens is 218 g/mol. The number of nitrogen functional groups attached to an aromatic ring is 1. The van der Waals surface area contributed by atoms with Gasteiger partial charge < -0.3 is 21.5 Å². The average molecular weight is 237 g/mol. The minimum absolute atomic E-state index is 0.163. The van der Waals surface area contributed by atoms with E-state index < -0.39 is 6.10 Å². The Bertz CT molecular complexity index is 393. The van der Waals surface area contributed by atoms with E-state index in [0.29, 0.717) is 29.9 Å². The molecule has 0 aliphatic heterocycles. The fraction of sp³-hybridized carbons (Fsp3) is 0.417. The second-order valence-corrected chi connectivity index (χ2v) is 3.82. The van der Waals surface area contributed by atoms with Crippen molar-refractivity contribution in [1.82, 2.24) is 5.32 Å². The monoisotopic (exact) mass is 237 g/mol. The van der Waals surface area contributed by atoms with Crippen LogP contribution in [-0.4, -0.2) is 30.7 Å². The molecule has 0 radical (unpaired) electrons. The molecule has 0 fully saturated rings. The summed E-state index contributed by atoms with van der Waals surface area (Å²) in [6, 6.07) is 5.01. The SMILES string of the molecule is CCC(O)CNc1cc(C(=O)NC)ccc1N. The smallest absolute Gasteiger partial charge is 0.251 e. The number of carbonyl (C=O) groups excluding carboxylic acids is 1. The van der Waals surface area contributed by atoms with Crippen molar-refractivity contribution in [2.24, 2.45) is 0 Å². The van der Waals surface area contributed by atoms with Crippen molar-refractivity contribution in [2.75, 3.05) is 24.6 Å². The number of nitrogens with one attached hydrogen (secondary N) is 2. The second kappa shape index (κ2) is 6.10. The van der Waals surface area contributed by atoms with Crippen LogP contribution >= 0.6 is 0 Å². The first-order chi connectivity index (χ1) is 8.08. The van der Waals surface area contributed by atoms with Gasteiger partial charge in [0.2, 0.25) is 0 Å². The van der Waals surface area contributed by atoms with Gasteiger partial charge in [0, 0.05) is 19.2 Å². The third-order valence-corrected chi connectivity index (χ3v) is 2.54. The van der Waals surface area contributed by atoms with Crippen molar-refractivity contribution in [3.63, 3.8) is 0 Å². The normalized spacial score (nSPS) is 11.9. The molecule has 1 aromatic rings. The van der Waals surface area contributed by atoms with E-state index in [-0.39, 0.29) is 5.91 Å². The van der Waals surface area contributed by atoms with Crippen LogP contribution in [-0.2, 0) is 0 Å². The molecule has 0 spiro atoms. The van der Waals surface area contributed by atoms with Crippen LogP contribution in [0.2, 0.25) is 0 Å². The number of amides is 1. The Kier molecular flexibility index (Phi) is 4.78. The molecule has 1 amide bonds. The lowest BCUT2D eigenvalue weighted by Gasteiger charge is -2.13. The molecule has 0 aliphatic rings. The number of hydrogen-bond acceptors (Lipinski definition) is 4. The Hall–Kier alpha value is -1.75. The van der Waals surface area contributed by atoms with Crippen LogP contribution in [0.25, 0.3) is 0 Å². The first-order valence-electron chi connectivity index (χ1n) is 5.62. The predicted octanol–water partition coefficient (Wildman–Crippen LogP) is 0.811. The molecule has 0 aromatic heterocycles. The van der Waals surface area contributed by atoms with E-state index in [2.05, 4.69) is 10.6 Å². The second-order valence-electron chi connectivity index (χ2n) is 3.82. The third-order valence-electron chi connectivity index (χ3n) is 2.54. The highest BCUT2D eigenvalue weighted by atomic mass is 16.3. The largest absolute Gasteiger partial charge is 0.397 e. The number of carbonyl (C=O) groups is 1. The summed E-state index contributed by atoms with van der Waals surface area (Å²) in [7, 11) is 1.58. The summed E-state index contributed by atoms with van der Waals surface area (Å²) in [6.07, 6.45) is 0.250. The zero-order valence-corrected chi connectivity index (χ0v) is 10.2. The minimum atomic E-state index is -0.418. The van der Waals surface area contributed by atoms with E-state index in [1.54, 1.807) is 25.2 Å². The molecule has 1 rings (SSSR count). The fourth-order valence-corrected chi connectivity index (χ4v) is 1.37. The number of benzene rings is 1. The summed E-state index contributed by atoms with van der Waals surface area (Å²) in [6.45, 7) is 2.31. The Morgan fingerprint density at radius 1 is 1.53 bits per heavy atom. The fourth-order valence-electron chi connectivity index (χ4n) is 1.37. The van der Waals surface area contributed by atoms with Crippen LogP contribution in [0.5, 0.6) is 0 Å². The first-order valence-corrected chi connectivity index (χ1v) is 5.62. The Morgan fingerprint density at radius 3 is 2.82 bits per heavy atom. The molecule has 1 atom stereocenters. The lowest BCUT2D eigenvalue weighted by molar-refractivity contribution is 0.0963. The van der Waals surface area contributed by atoms with E-state index in [0.717, 1.165) is 0 Å². The van der Waals surface area contributed by atoms with Crippen molar-refractivity contribution in [3.8, 4) is 0 Å². The summed E-state index contributed by atoms with van der Waals surface area (Å²) in [4.78, 5) is 11.4. The first kappa shape index (κ1) is 13.3. The molecule has 17 heavy (non-hydrogen) atoms. The van der Waals surface area contributed by atoms with E-state index in [4.69, 9.17) is 5.73 Å². The van der Waals surface area contributed by atoms with Crippen molar-refractivity contribution < 1.29 is 9.90 Å². The number of nitrogens with two attached hydrogens (primary N) is 1. The zero-order chi connectivity index (χ0) is 12.8. The maximum Gasteiger partial charge on any atom is 0.251 e. The number of anilines is 2. The number of rotatable bonds is 5. The Balaban J connectivity index is 2.80. The van der Waals surface area contributed by atoms with E-state index >= 15 is 0 Å². The van der Waals surface area contributed by atoms with Crippen molar-refractivity contribution >= 4 is 17.3 Å². The van der Waals surface area contributed by atoms with Gasteiger partial charge in [0.05, 0.1) is 17.5 Å². The van der Waals surface area contributed by atoms with Crippen LogP contribution in [0.4, 0.5) is 11.4 Å². The summed E-state index contributed by atoms with van der Waals surface area (Å²) < 4.78 is 0. The Labute approximate surface area is 101 Å². The molecule has 5 nitrogen and oxygen atoms in total. The van der Waals surface area contributed by atoms with Gasteiger partial charge >= 0.3 is 0 Å². The highest BCUT2D eigenvalue weighted by molar-refractivity contribution is 5.96. The third kappa shape index (κ3) is 3.64. The van der Waals surface area contributed by atoms with Gasteiger partial charge in [0.15, 0.2) is 0 Å². The molecule has 0 aliphatic carbocycles. The molecule has 0 saturated carbocycles. The van der Waals surface area contributed by atoms with E-state index in [9.17, 15) is 9.90 Å². The molecule has 0 bridgehead atoms. The van der Waals surface area contributed by atoms with Gasteiger partial charge in [0.25, 0.3) is 5.91 Å². The minimum Gasteiger partial charge on any atom is -0.397 e. The summed E-state index contributed by atoms with van der Waals surface area (Å²) in [5.41, 5.74) is 7.54. The quantitative estimate of drug-likeness (QED) is 0.571. The molecule has 1 aromatic carbocycles. The molecular formula is C12H19N3O2. The standard InChI is InChI=1S/C12H19N3O2/c1-3-9(16)7-15-11-6-8(12(17)14-2)4-5-10(11)13/h4-6,9,15-16H,3,7,13H2,1-2H3,(H,14,17). The molecule has 5 heteroatoms. The van der Waals surface area contributed by atoms with Crippen LogP contribution < -0.4 is 16.4 Å². The van der Waals surface area contributed by atoms with Crippen molar-refractivity contribution in [3.05, 3.63) is 23.8 Å². The topological polar surface area (TPSA) is 87.4 Å². The summed E-state index contributed by atoms with van der Waals surface area (Å²) in [5.74, 6) is -0.163. The number of aliphatic hydroxyl groups is 1. The number of hydrogen-bond donors (Lipinski definition) is 4. The van der Waals surface area contributed by atoms with Crippen LogP contribution in [0.1, 0.15) is 23.7 Å². The zero-order valence-electron chi connectivity index (χ0n) is 10.2. The predicted molar refractivity (Wildman–Crippen MR) is 69.0 cm³/mol. The molecule has 0 saturated heterocycles. The highest BCUT2D eigenvalue weighted by Crippen LogP contribution is 2.20. The average Bonchev–Trinajstić information content (AvgIpc) is 2.36. The van der Waals surface area contributed by atoms with Gasteiger partial charge in [-0.3, -0.25) is 4.79 Å².